The lowest BCUT2D eigenvalue weighted by molar-refractivity contribution is -0.757. The van der Waals surface area contributed by atoms with Crippen LogP contribution in [-0.4, -0.2) is 36.2 Å². The molecular formula is C15H23N5O5. The van der Waals surface area contributed by atoms with E-state index in [1.54, 1.807) is 18.2 Å². The predicted molar refractivity (Wildman–Crippen MR) is 90.5 cm³/mol. The zero-order valence-electron chi connectivity index (χ0n) is 13.8. The van der Waals surface area contributed by atoms with Crippen molar-refractivity contribution in [2.24, 2.45) is 11.5 Å². The van der Waals surface area contributed by atoms with Crippen LogP contribution in [0.3, 0.4) is 0 Å². The van der Waals surface area contributed by atoms with E-state index in [0.717, 1.165) is 5.56 Å². The molecule has 0 saturated heterocycles. The predicted octanol–water partition coefficient (Wildman–Crippen LogP) is 0.323. The Morgan fingerprint density at radius 3 is 2.84 bits per heavy atom. The van der Waals surface area contributed by atoms with Crippen molar-refractivity contribution in [2.75, 3.05) is 13.2 Å². The number of nitrogens with two attached hydrogens (primary N) is 2. The molecule has 0 radical (unpaired) electrons. The number of esters is 1. The van der Waals surface area contributed by atoms with Gasteiger partial charge in [-0.15, -0.1) is 10.1 Å². The normalized spacial score (nSPS) is 11.4. The van der Waals surface area contributed by atoms with Crippen LogP contribution in [0.4, 0.5) is 0 Å². The van der Waals surface area contributed by atoms with Gasteiger partial charge in [-0.1, -0.05) is 12.1 Å². The highest BCUT2D eigenvalue weighted by Gasteiger charge is 2.15. The van der Waals surface area contributed by atoms with E-state index < -0.39 is 17.1 Å². The van der Waals surface area contributed by atoms with Gasteiger partial charge in [-0.3, -0.25) is 5.41 Å². The molecule has 1 aromatic carbocycles. The van der Waals surface area contributed by atoms with Gasteiger partial charge in [-0.05, 0) is 43.4 Å². The quantitative estimate of drug-likeness (QED) is 0.0839. The van der Waals surface area contributed by atoms with Crippen LogP contribution in [0.1, 0.15) is 24.8 Å². The average molecular weight is 353 g/mol. The molecule has 1 unspecified atom stereocenters. The van der Waals surface area contributed by atoms with Gasteiger partial charge < -0.3 is 26.4 Å². The molecule has 1 aromatic rings. The van der Waals surface area contributed by atoms with Crippen LogP contribution in [0.25, 0.3) is 0 Å². The molecule has 138 valence electrons. The summed E-state index contributed by atoms with van der Waals surface area (Å²) in [5.74, 6) is -0.303. The second-order valence-electron chi connectivity index (χ2n) is 5.32. The van der Waals surface area contributed by atoms with Crippen LogP contribution in [0.5, 0.6) is 5.75 Å². The highest BCUT2D eigenvalue weighted by molar-refractivity contribution is 5.78. The lowest BCUT2D eigenvalue weighted by Crippen LogP contribution is -2.36. The van der Waals surface area contributed by atoms with E-state index in [0.29, 0.717) is 38.0 Å². The highest BCUT2D eigenvalue weighted by atomic mass is 16.9. The summed E-state index contributed by atoms with van der Waals surface area (Å²) in [6, 6.07) is 6.12. The van der Waals surface area contributed by atoms with E-state index >= 15 is 0 Å². The summed E-state index contributed by atoms with van der Waals surface area (Å²) in [5.41, 5.74) is 11.8. The smallest absolute Gasteiger partial charge is 0.328 e. The minimum absolute atomic E-state index is 0.0101. The zero-order valence-corrected chi connectivity index (χ0v) is 13.8. The third kappa shape index (κ3) is 9.11. The Bertz CT molecular complexity index is 595. The first-order chi connectivity index (χ1) is 11.9. The van der Waals surface area contributed by atoms with Crippen molar-refractivity contribution in [3.63, 3.8) is 0 Å². The van der Waals surface area contributed by atoms with Gasteiger partial charge in [0.2, 0.25) is 0 Å². The van der Waals surface area contributed by atoms with Crippen molar-refractivity contribution >= 4 is 11.9 Å². The second-order valence-corrected chi connectivity index (χ2v) is 5.32. The van der Waals surface area contributed by atoms with Crippen LogP contribution >= 0.6 is 0 Å². The summed E-state index contributed by atoms with van der Waals surface area (Å²) in [5, 5.41) is 18.9. The van der Waals surface area contributed by atoms with E-state index in [9.17, 15) is 14.9 Å². The molecule has 0 saturated carbocycles. The van der Waals surface area contributed by atoms with Crippen molar-refractivity contribution < 1.29 is 19.5 Å². The van der Waals surface area contributed by atoms with Crippen LogP contribution in [0.15, 0.2) is 24.3 Å². The molecule has 0 fully saturated rings. The molecule has 0 amide bonds. The Balaban J connectivity index is 2.39. The van der Waals surface area contributed by atoms with Crippen molar-refractivity contribution in [2.45, 2.75) is 31.7 Å². The molecule has 0 bridgehead atoms. The average Bonchev–Trinajstić information content (AvgIpc) is 2.55. The molecule has 10 heteroatoms. The number of hydrogen-bond donors (Lipinski definition) is 4. The van der Waals surface area contributed by atoms with Gasteiger partial charge in [0.1, 0.15) is 11.8 Å². The standard InChI is InChI=1S/C15H23N5O5/c16-13(7-2-8-19-15(17)18)14(21)25-12-6-1-4-11(10-12)5-3-9-24-20(22)23/h1,4,6,10,13H,2-3,5,7-9,16H2,(H4,17,18,19). The van der Waals surface area contributed by atoms with Crippen LogP contribution < -0.4 is 21.5 Å². The van der Waals surface area contributed by atoms with Crippen LogP contribution in [-0.2, 0) is 16.1 Å². The number of ether oxygens (including phenoxy) is 1. The maximum absolute atomic E-state index is 12.0. The van der Waals surface area contributed by atoms with E-state index in [1.807, 2.05) is 6.07 Å². The Labute approximate surface area is 145 Å². The monoisotopic (exact) mass is 353 g/mol. The summed E-state index contributed by atoms with van der Waals surface area (Å²) >= 11 is 0. The summed E-state index contributed by atoms with van der Waals surface area (Å²) < 4.78 is 5.25. The van der Waals surface area contributed by atoms with Crippen molar-refractivity contribution in [1.82, 2.24) is 5.32 Å². The third-order valence-electron chi connectivity index (χ3n) is 3.23. The van der Waals surface area contributed by atoms with Crippen LogP contribution in [0.2, 0.25) is 0 Å². The maximum Gasteiger partial charge on any atom is 0.328 e. The first kappa shape index (κ1) is 20.2. The number of benzene rings is 1. The first-order valence-corrected chi connectivity index (χ1v) is 7.80. The van der Waals surface area contributed by atoms with Gasteiger partial charge in [-0.25, -0.2) is 4.79 Å². The summed E-state index contributed by atoms with van der Waals surface area (Å²) in [6.45, 7) is 0.466. The molecular weight excluding hydrogens is 330 g/mol. The molecule has 0 aliphatic carbocycles. The summed E-state index contributed by atoms with van der Waals surface area (Å²) in [7, 11) is 0. The molecule has 0 spiro atoms. The van der Waals surface area contributed by atoms with E-state index in [2.05, 4.69) is 10.2 Å². The van der Waals surface area contributed by atoms with Gasteiger partial charge >= 0.3 is 5.97 Å². The molecule has 1 atom stereocenters. The number of nitrogens with one attached hydrogen (secondary N) is 2. The fraction of sp³-hybridized carbons (Fsp3) is 0.467. The second kappa shape index (κ2) is 10.8. The number of carbonyl (C=O) groups excluding carboxylic acids is 1. The minimum atomic E-state index is -0.828. The topological polar surface area (TPSA) is 167 Å². The van der Waals surface area contributed by atoms with Crippen molar-refractivity contribution in [3.05, 3.63) is 39.9 Å². The minimum Gasteiger partial charge on any atom is -0.425 e. The zero-order chi connectivity index (χ0) is 18.7. The largest absolute Gasteiger partial charge is 0.425 e. The maximum atomic E-state index is 12.0. The summed E-state index contributed by atoms with van der Waals surface area (Å²) in [4.78, 5) is 26.3. The Kier molecular flexibility index (Phi) is 8.72. The van der Waals surface area contributed by atoms with Gasteiger partial charge in [0.05, 0.1) is 6.61 Å². The highest BCUT2D eigenvalue weighted by Crippen LogP contribution is 2.15. The van der Waals surface area contributed by atoms with Gasteiger partial charge in [-0.2, -0.15) is 0 Å². The third-order valence-corrected chi connectivity index (χ3v) is 3.23. The van der Waals surface area contributed by atoms with E-state index in [-0.39, 0.29) is 12.6 Å². The molecule has 0 heterocycles. The Hall–Kier alpha value is -2.88. The number of nitrogens with zero attached hydrogens (tertiary/aromatic N) is 1. The van der Waals surface area contributed by atoms with E-state index in [4.69, 9.17) is 21.6 Å². The van der Waals surface area contributed by atoms with Gasteiger partial charge in [0.25, 0.3) is 5.09 Å². The number of rotatable bonds is 11. The van der Waals surface area contributed by atoms with Gasteiger partial charge in [0.15, 0.2) is 5.96 Å². The number of guanidine groups is 1. The van der Waals surface area contributed by atoms with Gasteiger partial charge in [0, 0.05) is 6.54 Å². The molecule has 0 aromatic heterocycles. The number of aryl methyl sites for hydroxylation is 1. The molecule has 0 aliphatic heterocycles. The molecule has 25 heavy (non-hydrogen) atoms. The molecule has 0 aliphatic rings. The number of hydrogen-bond acceptors (Lipinski definition) is 7. The fourth-order valence-corrected chi connectivity index (χ4v) is 2.03. The Morgan fingerprint density at radius 2 is 2.16 bits per heavy atom. The van der Waals surface area contributed by atoms with Crippen molar-refractivity contribution in [3.8, 4) is 5.75 Å². The Morgan fingerprint density at radius 1 is 1.40 bits per heavy atom. The lowest BCUT2D eigenvalue weighted by atomic mass is 10.1. The summed E-state index contributed by atoms with van der Waals surface area (Å²) in [6.07, 6.45) is 2.01. The molecule has 10 nitrogen and oxygen atoms in total. The first-order valence-electron chi connectivity index (χ1n) is 7.80. The fourth-order valence-electron chi connectivity index (χ4n) is 2.03. The van der Waals surface area contributed by atoms with E-state index in [1.165, 1.54) is 0 Å². The lowest BCUT2D eigenvalue weighted by Gasteiger charge is -2.12. The SMILES string of the molecule is N=C(N)NCCCC(N)C(=O)Oc1cccc(CCCO[N+](=O)[O-])c1. The van der Waals surface area contributed by atoms with Crippen molar-refractivity contribution in [1.29, 1.82) is 5.41 Å². The van der Waals surface area contributed by atoms with Crippen LogP contribution in [0, 0.1) is 15.5 Å². The molecule has 6 N–H and O–H groups in total. The molecule has 1 rings (SSSR count). The number of carbonyl (C=O) groups is 1.